The van der Waals surface area contributed by atoms with E-state index < -0.39 is 5.60 Å². The molecule has 4 nitrogen and oxygen atoms in total. The topological polar surface area (TPSA) is 56.3 Å². The number of H-pyrrole nitrogens is 1. The number of nitrogens with one attached hydrogen (secondary N) is 1. The molecule has 1 unspecified atom stereocenters. The predicted octanol–water partition coefficient (Wildman–Crippen LogP) is 3.76. The van der Waals surface area contributed by atoms with E-state index in [1.165, 1.54) is 11.1 Å². The zero-order chi connectivity index (χ0) is 19.2. The van der Waals surface area contributed by atoms with Crippen LogP contribution in [0, 0.1) is 20.8 Å². The molecule has 0 bridgehead atoms. The Morgan fingerprint density at radius 1 is 1.19 bits per heavy atom. The fraction of sp³-hybridized carbons (Fsp3) is 0.348. The molecule has 1 amide bonds. The molecule has 140 valence electrons. The highest BCUT2D eigenvalue weighted by Crippen LogP contribution is 2.33. The second-order valence-corrected chi connectivity index (χ2v) is 7.87. The molecule has 1 saturated heterocycles. The van der Waals surface area contributed by atoms with Crippen molar-refractivity contribution in [2.45, 2.75) is 39.2 Å². The fourth-order valence-corrected chi connectivity index (χ4v) is 4.32. The highest BCUT2D eigenvalue weighted by Gasteiger charge is 2.39. The number of benzene rings is 2. The first kappa shape index (κ1) is 17.8. The molecule has 2 N–H and O–H groups in total. The SMILES string of the molecule is Cc1cc(C)c2[nH]c(C)c(CC(=O)N3CCC(O)(c4ccccc4)C3)c2c1. The van der Waals surface area contributed by atoms with Crippen molar-refractivity contribution in [3.63, 3.8) is 0 Å². The lowest BCUT2D eigenvalue weighted by Crippen LogP contribution is -2.35. The van der Waals surface area contributed by atoms with Crippen LogP contribution in [-0.4, -0.2) is 34.0 Å². The number of carbonyl (C=O) groups excluding carboxylic acids is 1. The average Bonchev–Trinajstić information content (AvgIpc) is 3.19. The molecule has 0 spiro atoms. The Kier molecular flexibility index (Phi) is 4.31. The Morgan fingerprint density at radius 3 is 2.67 bits per heavy atom. The number of hydrogen-bond acceptors (Lipinski definition) is 2. The van der Waals surface area contributed by atoms with E-state index >= 15 is 0 Å². The Bertz CT molecular complexity index is 1010. The zero-order valence-corrected chi connectivity index (χ0v) is 16.2. The molecule has 2 heterocycles. The summed E-state index contributed by atoms with van der Waals surface area (Å²) >= 11 is 0. The van der Waals surface area contributed by atoms with Gasteiger partial charge in [0, 0.05) is 23.1 Å². The minimum atomic E-state index is -0.945. The highest BCUT2D eigenvalue weighted by atomic mass is 16.3. The normalized spacial score (nSPS) is 19.8. The van der Waals surface area contributed by atoms with Crippen LogP contribution in [0.2, 0.25) is 0 Å². The van der Waals surface area contributed by atoms with Crippen LogP contribution in [0.1, 0.15) is 34.4 Å². The van der Waals surface area contributed by atoms with Crippen LogP contribution in [-0.2, 0) is 16.8 Å². The third kappa shape index (κ3) is 3.15. The van der Waals surface area contributed by atoms with Crippen molar-refractivity contribution in [1.82, 2.24) is 9.88 Å². The van der Waals surface area contributed by atoms with E-state index in [9.17, 15) is 9.90 Å². The van der Waals surface area contributed by atoms with Gasteiger partial charge in [0.25, 0.3) is 0 Å². The van der Waals surface area contributed by atoms with Gasteiger partial charge in [0.2, 0.25) is 5.91 Å². The number of hydrogen-bond donors (Lipinski definition) is 2. The molecule has 4 heteroatoms. The van der Waals surface area contributed by atoms with E-state index in [1.807, 2.05) is 37.3 Å². The minimum Gasteiger partial charge on any atom is -0.383 e. The van der Waals surface area contributed by atoms with Crippen LogP contribution in [0.4, 0.5) is 0 Å². The van der Waals surface area contributed by atoms with Crippen LogP contribution < -0.4 is 0 Å². The molecule has 1 fully saturated rings. The smallest absolute Gasteiger partial charge is 0.227 e. The summed E-state index contributed by atoms with van der Waals surface area (Å²) in [5, 5.41) is 12.1. The first-order chi connectivity index (χ1) is 12.9. The lowest BCUT2D eigenvalue weighted by molar-refractivity contribution is -0.130. The molecule has 2 aromatic carbocycles. The average molecular weight is 362 g/mol. The number of fused-ring (bicyclic) bond motifs is 1. The standard InChI is InChI=1S/C23H26N2O2/c1-15-11-16(2)22-20(12-15)19(17(3)24-22)13-21(26)25-10-9-23(27,14-25)18-7-5-4-6-8-18/h4-8,11-12,24,27H,9-10,13-14H2,1-3H3. The summed E-state index contributed by atoms with van der Waals surface area (Å²) in [4.78, 5) is 18.2. The van der Waals surface area contributed by atoms with E-state index in [4.69, 9.17) is 0 Å². The number of aryl methyl sites for hydroxylation is 3. The van der Waals surface area contributed by atoms with Gasteiger partial charge >= 0.3 is 0 Å². The van der Waals surface area contributed by atoms with Crippen molar-refractivity contribution in [3.05, 3.63) is 70.4 Å². The van der Waals surface area contributed by atoms with Crippen molar-refractivity contribution in [2.24, 2.45) is 0 Å². The number of amides is 1. The zero-order valence-electron chi connectivity index (χ0n) is 16.2. The fourth-order valence-electron chi connectivity index (χ4n) is 4.32. The lowest BCUT2D eigenvalue weighted by atomic mass is 9.93. The molecule has 27 heavy (non-hydrogen) atoms. The van der Waals surface area contributed by atoms with Crippen LogP contribution in [0.3, 0.4) is 0 Å². The van der Waals surface area contributed by atoms with Gasteiger partial charge in [0.1, 0.15) is 5.60 Å². The third-order valence-electron chi connectivity index (χ3n) is 5.81. The number of likely N-dealkylation sites (tertiary alicyclic amines) is 1. The maximum Gasteiger partial charge on any atom is 0.227 e. The van der Waals surface area contributed by atoms with E-state index in [2.05, 4.69) is 31.0 Å². The second-order valence-electron chi connectivity index (χ2n) is 7.87. The number of β-amino-alcohol motifs (C(OH)–C–C–N with tert-alkyl or cyclic N) is 1. The van der Waals surface area contributed by atoms with E-state index in [0.29, 0.717) is 25.9 Å². The van der Waals surface area contributed by atoms with Gasteiger partial charge in [-0.05, 0) is 49.9 Å². The Hall–Kier alpha value is -2.59. The van der Waals surface area contributed by atoms with Crippen molar-refractivity contribution < 1.29 is 9.90 Å². The van der Waals surface area contributed by atoms with Crippen LogP contribution >= 0.6 is 0 Å². The second kappa shape index (κ2) is 6.54. The maximum atomic E-state index is 13.0. The highest BCUT2D eigenvalue weighted by molar-refractivity contribution is 5.92. The summed E-state index contributed by atoms with van der Waals surface area (Å²) in [6, 6.07) is 14.0. The van der Waals surface area contributed by atoms with Crippen LogP contribution in [0.5, 0.6) is 0 Å². The minimum absolute atomic E-state index is 0.0741. The number of aliphatic hydroxyl groups is 1. The molecule has 1 aliphatic rings. The largest absolute Gasteiger partial charge is 0.383 e. The van der Waals surface area contributed by atoms with Crippen LogP contribution in [0.25, 0.3) is 10.9 Å². The van der Waals surface area contributed by atoms with Crippen LogP contribution in [0.15, 0.2) is 42.5 Å². The predicted molar refractivity (Wildman–Crippen MR) is 108 cm³/mol. The van der Waals surface area contributed by atoms with Gasteiger partial charge in [0.15, 0.2) is 0 Å². The molecule has 3 aromatic rings. The van der Waals surface area contributed by atoms with Crippen molar-refractivity contribution in [1.29, 1.82) is 0 Å². The summed E-state index contributed by atoms with van der Waals surface area (Å²) in [5.74, 6) is 0.0741. The van der Waals surface area contributed by atoms with Gasteiger partial charge < -0.3 is 15.0 Å². The lowest BCUT2D eigenvalue weighted by Gasteiger charge is -2.24. The third-order valence-corrected chi connectivity index (χ3v) is 5.81. The van der Waals surface area contributed by atoms with E-state index in [0.717, 1.165) is 27.7 Å². The van der Waals surface area contributed by atoms with Gasteiger partial charge in [-0.3, -0.25) is 4.79 Å². The number of nitrogens with zero attached hydrogens (tertiary/aromatic N) is 1. The summed E-state index contributed by atoms with van der Waals surface area (Å²) in [5.41, 5.74) is 5.57. The molecule has 1 atom stereocenters. The van der Waals surface area contributed by atoms with E-state index in [1.54, 1.807) is 4.90 Å². The van der Waals surface area contributed by atoms with Gasteiger partial charge in [-0.1, -0.05) is 42.0 Å². The Morgan fingerprint density at radius 2 is 1.93 bits per heavy atom. The Balaban J connectivity index is 1.57. The summed E-state index contributed by atoms with van der Waals surface area (Å²) in [6.45, 7) is 7.15. The summed E-state index contributed by atoms with van der Waals surface area (Å²) < 4.78 is 0. The van der Waals surface area contributed by atoms with E-state index in [-0.39, 0.29) is 5.91 Å². The molecule has 1 aromatic heterocycles. The van der Waals surface area contributed by atoms with Crippen molar-refractivity contribution in [2.75, 3.05) is 13.1 Å². The van der Waals surface area contributed by atoms with Crippen molar-refractivity contribution >= 4 is 16.8 Å². The van der Waals surface area contributed by atoms with Crippen molar-refractivity contribution in [3.8, 4) is 0 Å². The summed E-state index contributed by atoms with van der Waals surface area (Å²) in [6.07, 6.45) is 0.938. The monoisotopic (exact) mass is 362 g/mol. The van der Waals surface area contributed by atoms with Gasteiger partial charge in [-0.2, -0.15) is 0 Å². The number of aromatic nitrogens is 1. The summed E-state index contributed by atoms with van der Waals surface area (Å²) in [7, 11) is 0. The molecule has 4 rings (SSSR count). The Labute approximate surface area is 159 Å². The first-order valence-electron chi connectivity index (χ1n) is 9.51. The molecule has 0 radical (unpaired) electrons. The molecular weight excluding hydrogens is 336 g/mol. The number of aromatic amines is 1. The molecule has 0 saturated carbocycles. The first-order valence-corrected chi connectivity index (χ1v) is 9.51. The maximum absolute atomic E-state index is 13.0. The molecular formula is C23H26N2O2. The number of rotatable bonds is 3. The molecule has 0 aliphatic carbocycles. The van der Waals surface area contributed by atoms with Gasteiger partial charge in [-0.15, -0.1) is 0 Å². The number of carbonyl (C=O) groups is 1. The quantitative estimate of drug-likeness (QED) is 0.745. The van der Waals surface area contributed by atoms with Gasteiger partial charge in [0.05, 0.1) is 13.0 Å². The van der Waals surface area contributed by atoms with Gasteiger partial charge in [-0.25, -0.2) is 0 Å². The molecule has 1 aliphatic heterocycles.